The SMILES string of the molecule is CCCCCCCC=CC(=O)N(C)CC1CO1. The number of carbonyl (C=O) groups excluding carboxylic acids is 1. The van der Waals surface area contributed by atoms with Crippen molar-refractivity contribution in [3.8, 4) is 0 Å². The van der Waals surface area contributed by atoms with Crippen LogP contribution in [0.1, 0.15) is 45.4 Å². The van der Waals surface area contributed by atoms with Crippen LogP contribution in [0.4, 0.5) is 0 Å². The fourth-order valence-corrected chi connectivity index (χ4v) is 1.75. The molecule has 0 N–H and O–H groups in total. The molecule has 98 valence electrons. The first-order valence-corrected chi connectivity index (χ1v) is 6.77. The molecule has 1 unspecified atom stereocenters. The van der Waals surface area contributed by atoms with Crippen LogP contribution in [0.25, 0.3) is 0 Å². The third kappa shape index (κ3) is 7.16. The molecule has 0 bridgehead atoms. The Bertz CT molecular complexity index is 247. The van der Waals surface area contributed by atoms with E-state index in [-0.39, 0.29) is 12.0 Å². The molecule has 3 heteroatoms. The Morgan fingerprint density at radius 2 is 2.06 bits per heavy atom. The number of carbonyl (C=O) groups is 1. The average molecular weight is 239 g/mol. The quantitative estimate of drug-likeness (QED) is 0.352. The van der Waals surface area contributed by atoms with Crippen LogP contribution in [0, 0.1) is 0 Å². The van der Waals surface area contributed by atoms with Gasteiger partial charge in [0.1, 0.15) is 0 Å². The van der Waals surface area contributed by atoms with E-state index < -0.39 is 0 Å². The lowest BCUT2D eigenvalue weighted by Crippen LogP contribution is -2.28. The van der Waals surface area contributed by atoms with Crippen LogP contribution in [0.15, 0.2) is 12.2 Å². The van der Waals surface area contributed by atoms with Gasteiger partial charge >= 0.3 is 0 Å². The average Bonchev–Trinajstić information content (AvgIpc) is 3.11. The molecule has 0 aliphatic carbocycles. The number of amides is 1. The highest BCUT2D eigenvalue weighted by Gasteiger charge is 2.25. The van der Waals surface area contributed by atoms with Gasteiger partial charge in [0.2, 0.25) is 5.91 Å². The summed E-state index contributed by atoms with van der Waals surface area (Å²) in [4.78, 5) is 13.4. The third-order valence-corrected chi connectivity index (χ3v) is 2.99. The van der Waals surface area contributed by atoms with Crippen molar-refractivity contribution >= 4 is 5.91 Å². The molecule has 1 aliphatic rings. The molecule has 3 nitrogen and oxygen atoms in total. The fraction of sp³-hybridized carbons (Fsp3) is 0.786. The normalized spacial score (nSPS) is 18.6. The van der Waals surface area contributed by atoms with Crippen molar-refractivity contribution in [1.82, 2.24) is 4.90 Å². The molecule has 0 aromatic heterocycles. The standard InChI is InChI=1S/C14H25NO2/c1-3-4-5-6-7-8-9-10-14(16)15(2)11-13-12-17-13/h9-10,13H,3-8,11-12H2,1-2H3. The molecule has 0 radical (unpaired) electrons. The van der Waals surface area contributed by atoms with Crippen molar-refractivity contribution in [2.45, 2.75) is 51.6 Å². The number of hydrogen-bond donors (Lipinski definition) is 0. The zero-order valence-corrected chi connectivity index (χ0v) is 11.2. The summed E-state index contributed by atoms with van der Waals surface area (Å²) in [6.45, 7) is 3.75. The topological polar surface area (TPSA) is 32.8 Å². The van der Waals surface area contributed by atoms with Crippen molar-refractivity contribution in [1.29, 1.82) is 0 Å². The maximum atomic E-state index is 11.6. The Morgan fingerprint density at radius 3 is 2.71 bits per heavy atom. The minimum Gasteiger partial charge on any atom is -0.371 e. The van der Waals surface area contributed by atoms with E-state index in [1.807, 2.05) is 13.1 Å². The van der Waals surface area contributed by atoms with E-state index in [1.165, 1.54) is 32.1 Å². The van der Waals surface area contributed by atoms with Crippen LogP contribution in [-0.2, 0) is 9.53 Å². The van der Waals surface area contributed by atoms with Crippen molar-refractivity contribution in [3.63, 3.8) is 0 Å². The van der Waals surface area contributed by atoms with E-state index in [4.69, 9.17) is 4.74 Å². The lowest BCUT2D eigenvalue weighted by atomic mass is 10.1. The van der Waals surface area contributed by atoms with Gasteiger partial charge in [0.25, 0.3) is 0 Å². The van der Waals surface area contributed by atoms with Crippen molar-refractivity contribution < 1.29 is 9.53 Å². The van der Waals surface area contributed by atoms with E-state index in [0.717, 1.165) is 19.6 Å². The highest BCUT2D eigenvalue weighted by molar-refractivity contribution is 5.87. The number of epoxide rings is 1. The Balaban J connectivity index is 2.00. The van der Waals surface area contributed by atoms with Gasteiger partial charge in [-0.25, -0.2) is 0 Å². The van der Waals surface area contributed by atoms with Gasteiger partial charge in [-0.3, -0.25) is 4.79 Å². The third-order valence-electron chi connectivity index (χ3n) is 2.99. The van der Waals surface area contributed by atoms with Crippen LogP contribution in [0.2, 0.25) is 0 Å². The molecule has 1 aliphatic heterocycles. The zero-order valence-electron chi connectivity index (χ0n) is 11.2. The second-order valence-electron chi connectivity index (χ2n) is 4.78. The molecule has 1 saturated heterocycles. The number of unbranched alkanes of at least 4 members (excludes halogenated alkanes) is 5. The van der Waals surface area contributed by atoms with Crippen molar-refractivity contribution in [2.24, 2.45) is 0 Å². The van der Waals surface area contributed by atoms with Gasteiger partial charge in [-0.2, -0.15) is 0 Å². The van der Waals surface area contributed by atoms with E-state index in [9.17, 15) is 4.79 Å². The van der Waals surface area contributed by atoms with Crippen LogP contribution >= 0.6 is 0 Å². The summed E-state index contributed by atoms with van der Waals surface area (Å²) in [6.07, 6.45) is 11.4. The van der Waals surface area contributed by atoms with Crippen LogP contribution in [-0.4, -0.2) is 37.1 Å². The van der Waals surface area contributed by atoms with E-state index in [2.05, 4.69) is 6.92 Å². The van der Waals surface area contributed by atoms with Gasteiger partial charge in [0.15, 0.2) is 0 Å². The monoisotopic (exact) mass is 239 g/mol. The van der Waals surface area contributed by atoms with Crippen molar-refractivity contribution in [2.75, 3.05) is 20.2 Å². The molecule has 0 saturated carbocycles. The van der Waals surface area contributed by atoms with E-state index in [1.54, 1.807) is 11.0 Å². The van der Waals surface area contributed by atoms with Gasteiger partial charge in [-0.05, 0) is 18.9 Å². The second kappa shape index (κ2) is 8.29. The van der Waals surface area contributed by atoms with Gasteiger partial charge in [-0.15, -0.1) is 0 Å². The number of rotatable bonds is 9. The first kappa shape index (κ1) is 14.2. The zero-order chi connectivity index (χ0) is 12.5. The van der Waals surface area contributed by atoms with Gasteiger partial charge in [-0.1, -0.05) is 38.7 Å². The molecule has 0 aromatic carbocycles. The van der Waals surface area contributed by atoms with Gasteiger partial charge < -0.3 is 9.64 Å². The van der Waals surface area contributed by atoms with Crippen molar-refractivity contribution in [3.05, 3.63) is 12.2 Å². The van der Waals surface area contributed by atoms with Gasteiger partial charge in [0, 0.05) is 13.6 Å². The molecule has 17 heavy (non-hydrogen) atoms. The predicted molar refractivity (Wildman–Crippen MR) is 69.9 cm³/mol. The number of likely N-dealkylation sites (N-methyl/N-ethyl adjacent to an activating group) is 1. The molecule has 0 spiro atoms. The fourth-order valence-electron chi connectivity index (χ4n) is 1.75. The minimum atomic E-state index is 0.0917. The maximum Gasteiger partial charge on any atom is 0.246 e. The predicted octanol–water partition coefficient (Wildman–Crippen LogP) is 2.76. The molecule has 0 aromatic rings. The first-order chi connectivity index (χ1) is 8.24. The smallest absolute Gasteiger partial charge is 0.246 e. The summed E-state index contributed by atoms with van der Waals surface area (Å²) >= 11 is 0. The molecular weight excluding hydrogens is 214 g/mol. The summed E-state index contributed by atoms with van der Waals surface area (Å²) in [5.74, 6) is 0.0917. The number of ether oxygens (including phenoxy) is 1. The van der Waals surface area contributed by atoms with E-state index >= 15 is 0 Å². The Morgan fingerprint density at radius 1 is 1.35 bits per heavy atom. The first-order valence-electron chi connectivity index (χ1n) is 6.77. The molecule has 1 atom stereocenters. The minimum absolute atomic E-state index is 0.0917. The lowest BCUT2D eigenvalue weighted by molar-refractivity contribution is -0.125. The van der Waals surface area contributed by atoms with Crippen LogP contribution in [0.5, 0.6) is 0 Å². The van der Waals surface area contributed by atoms with E-state index in [0.29, 0.717) is 0 Å². The largest absolute Gasteiger partial charge is 0.371 e. The number of hydrogen-bond acceptors (Lipinski definition) is 2. The Kier molecular flexibility index (Phi) is 6.94. The molecule has 1 fully saturated rings. The molecule has 1 rings (SSSR count). The highest BCUT2D eigenvalue weighted by atomic mass is 16.6. The Labute approximate surface area is 105 Å². The summed E-state index contributed by atoms with van der Waals surface area (Å²) in [7, 11) is 1.83. The molecular formula is C14H25NO2. The van der Waals surface area contributed by atoms with Gasteiger partial charge in [0.05, 0.1) is 12.7 Å². The summed E-state index contributed by atoms with van der Waals surface area (Å²) in [5.41, 5.74) is 0. The summed E-state index contributed by atoms with van der Waals surface area (Å²) in [6, 6.07) is 0. The summed E-state index contributed by atoms with van der Waals surface area (Å²) in [5, 5.41) is 0. The van der Waals surface area contributed by atoms with Crippen LogP contribution < -0.4 is 0 Å². The van der Waals surface area contributed by atoms with Crippen LogP contribution in [0.3, 0.4) is 0 Å². The maximum absolute atomic E-state index is 11.6. The lowest BCUT2D eigenvalue weighted by Gasteiger charge is -2.12. The number of allylic oxidation sites excluding steroid dienone is 1. The highest BCUT2D eigenvalue weighted by Crippen LogP contribution is 2.10. The number of nitrogens with zero attached hydrogens (tertiary/aromatic N) is 1. The second-order valence-corrected chi connectivity index (χ2v) is 4.78. The summed E-state index contributed by atoms with van der Waals surface area (Å²) < 4.78 is 5.09. The Hall–Kier alpha value is -0.830. The molecule has 1 heterocycles. The molecule has 1 amide bonds.